The number of nitrogens with one attached hydrogen (secondary N) is 1. The van der Waals surface area contributed by atoms with Gasteiger partial charge in [0.05, 0.1) is 6.61 Å². The number of aliphatic hydroxyl groups is 1. The van der Waals surface area contributed by atoms with Gasteiger partial charge in [-0.15, -0.1) is 0 Å². The minimum Gasteiger partial charge on any atom is -0.395 e. The summed E-state index contributed by atoms with van der Waals surface area (Å²) in [6.45, 7) is 1.21. The van der Waals surface area contributed by atoms with Crippen molar-refractivity contribution in [2.75, 3.05) is 13.2 Å². The van der Waals surface area contributed by atoms with Crippen molar-refractivity contribution in [3.05, 3.63) is 96.1 Å². The molecular weight excluding hydrogens is 364 g/mol. The first kappa shape index (κ1) is 19.2. The van der Waals surface area contributed by atoms with E-state index in [1.165, 1.54) is 5.56 Å². The second-order valence-corrected chi connectivity index (χ2v) is 7.21. The molecule has 2 aromatic heterocycles. The SMILES string of the molecule is O=C(NC[C@@H]1[C@@H](c2ccccc2)[C@H](CO)N1Cc1cccnc1)c1ccccn1. The topological polar surface area (TPSA) is 78.4 Å². The molecule has 1 aliphatic heterocycles. The number of pyridine rings is 2. The number of hydrogen-bond donors (Lipinski definition) is 2. The molecule has 1 aromatic carbocycles. The molecule has 3 heterocycles. The average Bonchev–Trinajstić information content (AvgIpc) is 2.78. The number of aliphatic hydroxyl groups excluding tert-OH is 1. The van der Waals surface area contributed by atoms with E-state index in [-0.39, 0.29) is 30.5 Å². The van der Waals surface area contributed by atoms with Crippen LogP contribution >= 0.6 is 0 Å². The van der Waals surface area contributed by atoms with E-state index in [2.05, 4.69) is 32.3 Å². The molecule has 29 heavy (non-hydrogen) atoms. The Morgan fingerprint density at radius 3 is 2.52 bits per heavy atom. The highest BCUT2D eigenvalue weighted by Crippen LogP contribution is 2.41. The Bertz CT molecular complexity index is 921. The van der Waals surface area contributed by atoms with Gasteiger partial charge < -0.3 is 10.4 Å². The zero-order valence-corrected chi connectivity index (χ0v) is 16.1. The van der Waals surface area contributed by atoms with Crippen LogP contribution in [0.5, 0.6) is 0 Å². The summed E-state index contributed by atoms with van der Waals surface area (Å²) in [6, 6.07) is 19.5. The summed E-state index contributed by atoms with van der Waals surface area (Å²) in [7, 11) is 0. The number of benzene rings is 1. The van der Waals surface area contributed by atoms with Crippen LogP contribution in [0.3, 0.4) is 0 Å². The Labute approximate surface area is 170 Å². The van der Waals surface area contributed by atoms with E-state index in [9.17, 15) is 9.90 Å². The molecule has 2 N–H and O–H groups in total. The number of likely N-dealkylation sites (tertiary alicyclic amines) is 1. The second kappa shape index (κ2) is 8.94. The summed E-state index contributed by atoms with van der Waals surface area (Å²) in [6.07, 6.45) is 5.20. The fourth-order valence-electron chi connectivity index (χ4n) is 4.12. The number of aromatic nitrogens is 2. The summed E-state index contributed by atoms with van der Waals surface area (Å²) < 4.78 is 0. The van der Waals surface area contributed by atoms with E-state index in [0.717, 1.165) is 5.56 Å². The van der Waals surface area contributed by atoms with Gasteiger partial charge >= 0.3 is 0 Å². The molecule has 148 valence electrons. The van der Waals surface area contributed by atoms with Crippen molar-refractivity contribution in [2.45, 2.75) is 24.5 Å². The fraction of sp³-hybridized carbons (Fsp3) is 0.261. The quantitative estimate of drug-likeness (QED) is 0.649. The zero-order valence-electron chi connectivity index (χ0n) is 16.1. The first-order valence-corrected chi connectivity index (χ1v) is 9.77. The summed E-state index contributed by atoms with van der Waals surface area (Å²) >= 11 is 0. The van der Waals surface area contributed by atoms with Gasteiger partial charge in [-0.3, -0.25) is 19.7 Å². The molecule has 1 saturated heterocycles. The number of nitrogens with zero attached hydrogens (tertiary/aromatic N) is 3. The molecule has 0 bridgehead atoms. The highest BCUT2D eigenvalue weighted by Gasteiger charge is 2.48. The lowest BCUT2D eigenvalue weighted by Gasteiger charge is -2.55. The van der Waals surface area contributed by atoms with Gasteiger partial charge in [0.2, 0.25) is 0 Å². The van der Waals surface area contributed by atoms with Gasteiger partial charge in [-0.2, -0.15) is 0 Å². The molecule has 3 atom stereocenters. The molecule has 6 heteroatoms. The van der Waals surface area contributed by atoms with Crippen LogP contribution in [0.15, 0.2) is 79.3 Å². The number of amides is 1. The third-order valence-electron chi connectivity index (χ3n) is 5.51. The molecule has 1 aliphatic rings. The van der Waals surface area contributed by atoms with Crippen LogP contribution in [0, 0.1) is 0 Å². The zero-order chi connectivity index (χ0) is 20.1. The van der Waals surface area contributed by atoms with E-state index in [4.69, 9.17) is 0 Å². The normalized spacial score (nSPS) is 21.3. The predicted octanol–water partition coefficient (Wildman–Crippen LogP) is 2.24. The van der Waals surface area contributed by atoms with Crippen LogP contribution in [-0.2, 0) is 6.54 Å². The maximum Gasteiger partial charge on any atom is 0.269 e. The first-order valence-electron chi connectivity index (χ1n) is 9.77. The highest BCUT2D eigenvalue weighted by atomic mass is 16.3. The van der Waals surface area contributed by atoms with Crippen molar-refractivity contribution in [2.24, 2.45) is 0 Å². The van der Waals surface area contributed by atoms with Crippen LogP contribution in [0.1, 0.15) is 27.5 Å². The molecule has 3 aromatic rings. The molecule has 6 nitrogen and oxygen atoms in total. The lowest BCUT2D eigenvalue weighted by atomic mass is 9.75. The minimum absolute atomic E-state index is 0.00522. The fourth-order valence-corrected chi connectivity index (χ4v) is 4.12. The predicted molar refractivity (Wildman–Crippen MR) is 110 cm³/mol. The molecule has 0 aliphatic carbocycles. The third kappa shape index (κ3) is 4.18. The largest absolute Gasteiger partial charge is 0.395 e. The standard InChI is InChI=1S/C23H24N4O2/c28-16-21-22(18-8-2-1-3-9-18)20(27(21)15-17-7-6-11-24-13-17)14-26-23(29)19-10-4-5-12-25-19/h1-13,20-22,28H,14-16H2,(H,26,29)/t20-,21+,22-/m1/s1. The van der Waals surface area contributed by atoms with Crippen molar-refractivity contribution in [3.8, 4) is 0 Å². The van der Waals surface area contributed by atoms with Crippen molar-refractivity contribution < 1.29 is 9.90 Å². The van der Waals surface area contributed by atoms with Gasteiger partial charge in [0.15, 0.2) is 0 Å². The molecule has 1 amide bonds. The van der Waals surface area contributed by atoms with Gasteiger partial charge in [-0.05, 0) is 29.3 Å². The first-order chi connectivity index (χ1) is 14.3. The maximum atomic E-state index is 12.5. The lowest BCUT2D eigenvalue weighted by Crippen LogP contribution is -2.66. The Kier molecular flexibility index (Phi) is 5.93. The highest BCUT2D eigenvalue weighted by molar-refractivity contribution is 5.92. The molecule has 0 saturated carbocycles. The minimum atomic E-state index is -0.189. The maximum absolute atomic E-state index is 12.5. The van der Waals surface area contributed by atoms with Crippen LogP contribution in [-0.4, -0.2) is 51.1 Å². The molecule has 0 spiro atoms. The smallest absolute Gasteiger partial charge is 0.269 e. The summed E-state index contributed by atoms with van der Waals surface area (Å²) in [5, 5.41) is 13.1. The van der Waals surface area contributed by atoms with Crippen molar-refractivity contribution >= 4 is 5.91 Å². The third-order valence-corrected chi connectivity index (χ3v) is 5.51. The summed E-state index contributed by atoms with van der Waals surface area (Å²) in [5.74, 6) is -0.0481. The monoisotopic (exact) mass is 388 g/mol. The van der Waals surface area contributed by atoms with E-state index in [1.807, 2.05) is 36.5 Å². The Hall–Kier alpha value is -3.09. The van der Waals surface area contributed by atoms with E-state index < -0.39 is 0 Å². The number of rotatable bonds is 7. The van der Waals surface area contributed by atoms with Gasteiger partial charge in [0.1, 0.15) is 5.69 Å². The Balaban J connectivity index is 1.53. The van der Waals surface area contributed by atoms with Gasteiger partial charge in [0.25, 0.3) is 5.91 Å². The van der Waals surface area contributed by atoms with Gasteiger partial charge in [0, 0.05) is 49.7 Å². The molecule has 0 radical (unpaired) electrons. The van der Waals surface area contributed by atoms with Crippen LogP contribution < -0.4 is 5.32 Å². The van der Waals surface area contributed by atoms with Crippen LogP contribution in [0.4, 0.5) is 0 Å². The van der Waals surface area contributed by atoms with Crippen LogP contribution in [0.25, 0.3) is 0 Å². The summed E-state index contributed by atoms with van der Waals surface area (Å²) in [5.41, 5.74) is 2.66. The van der Waals surface area contributed by atoms with E-state index in [0.29, 0.717) is 18.8 Å². The van der Waals surface area contributed by atoms with Crippen LogP contribution in [0.2, 0.25) is 0 Å². The molecule has 4 rings (SSSR count). The Morgan fingerprint density at radius 1 is 1.00 bits per heavy atom. The summed E-state index contributed by atoms with van der Waals surface area (Å²) in [4.78, 5) is 23.1. The second-order valence-electron chi connectivity index (χ2n) is 7.21. The lowest BCUT2D eigenvalue weighted by molar-refractivity contribution is -0.0482. The number of carbonyl (C=O) groups excluding carboxylic acids is 1. The Morgan fingerprint density at radius 2 is 1.83 bits per heavy atom. The average molecular weight is 388 g/mol. The van der Waals surface area contributed by atoms with Crippen molar-refractivity contribution in [1.29, 1.82) is 0 Å². The van der Waals surface area contributed by atoms with Gasteiger partial charge in [-0.25, -0.2) is 0 Å². The van der Waals surface area contributed by atoms with Gasteiger partial charge in [-0.1, -0.05) is 42.5 Å². The molecule has 1 fully saturated rings. The van der Waals surface area contributed by atoms with Crippen molar-refractivity contribution in [3.63, 3.8) is 0 Å². The molecular formula is C23H24N4O2. The molecule has 0 unspecified atom stereocenters. The van der Waals surface area contributed by atoms with E-state index >= 15 is 0 Å². The van der Waals surface area contributed by atoms with Crippen molar-refractivity contribution in [1.82, 2.24) is 20.2 Å². The van der Waals surface area contributed by atoms with E-state index in [1.54, 1.807) is 30.6 Å². The number of carbonyl (C=O) groups is 1. The number of hydrogen-bond acceptors (Lipinski definition) is 5.